The van der Waals surface area contributed by atoms with Crippen LogP contribution in [0.2, 0.25) is 0 Å². The summed E-state index contributed by atoms with van der Waals surface area (Å²) in [6, 6.07) is 3.62. The van der Waals surface area contributed by atoms with Crippen molar-refractivity contribution < 1.29 is 4.74 Å². The van der Waals surface area contributed by atoms with Gasteiger partial charge in [0, 0.05) is 44.7 Å². The number of nitrogens with one attached hydrogen (secondary N) is 1. The van der Waals surface area contributed by atoms with Crippen LogP contribution in [0.3, 0.4) is 0 Å². The zero-order valence-corrected chi connectivity index (χ0v) is 15.5. The molecule has 1 saturated heterocycles. The number of hydrogen-bond donors (Lipinski definition) is 1. The van der Waals surface area contributed by atoms with Crippen LogP contribution >= 0.6 is 0 Å². The Bertz CT molecular complexity index is 503. The van der Waals surface area contributed by atoms with Crippen molar-refractivity contribution in [1.29, 1.82) is 0 Å². The Hall–Kier alpha value is -1.13. The predicted octanol–water partition coefficient (Wildman–Crippen LogP) is 4.04. The van der Waals surface area contributed by atoms with E-state index in [1.807, 2.05) is 19.5 Å². The Labute approximate surface area is 147 Å². The summed E-state index contributed by atoms with van der Waals surface area (Å²) in [5.41, 5.74) is 2.49. The van der Waals surface area contributed by atoms with Crippen LogP contribution in [0.4, 0.5) is 5.69 Å². The normalized spacial score (nSPS) is 26.7. The molecule has 3 rings (SSSR count). The van der Waals surface area contributed by atoms with Gasteiger partial charge in [0.05, 0.1) is 11.8 Å². The lowest BCUT2D eigenvalue weighted by molar-refractivity contribution is 0.0329. The van der Waals surface area contributed by atoms with Gasteiger partial charge in [-0.15, -0.1) is 0 Å². The van der Waals surface area contributed by atoms with Gasteiger partial charge in [0.2, 0.25) is 0 Å². The van der Waals surface area contributed by atoms with E-state index in [1.165, 1.54) is 62.9 Å². The lowest BCUT2D eigenvalue weighted by Gasteiger charge is -2.40. The minimum absolute atomic E-state index is 0.501. The summed E-state index contributed by atoms with van der Waals surface area (Å²) in [6.07, 6.45) is 12.0. The van der Waals surface area contributed by atoms with Gasteiger partial charge in [-0.3, -0.25) is 4.98 Å². The number of piperidine rings is 1. The predicted molar refractivity (Wildman–Crippen MR) is 99.6 cm³/mol. The number of hydrogen-bond acceptors (Lipinski definition) is 4. The number of ether oxygens (including phenoxy) is 1. The zero-order chi connectivity index (χ0) is 16.9. The van der Waals surface area contributed by atoms with Crippen molar-refractivity contribution >= 4 is 5.69 Å². The summed E-state index contributed by atoms with van der Waals surface area (Å²) in [5, 5.41) is 3.71. The Morgan fingerprint density at radius 2 is 1.79 bits per heavy atom. The molecule has 0 unspecified atom stereocenters. The number of nitrogens with zero attached hydrogens (tertiary/aromatic N) is 2. The van der Waals surface area contributed by atoms with E-state index in [9.17, 15) is 0 Å². The van der Waals surface area contributed by atoms with Gasteiger partial charge in [-0.25, -0.2) is 0 Å². The first-order valence-electron chi connectivity index (χ1n) is 9.64. The summed E-state index contributed by atoms with van der Waals surface area (Å²) in [5.74, 6) is 0.531. The highest BCUT2D eigenvalue weighted by atomic mass is 16.5. The minimum Gasteiger partial charge on any atom is -0.381 e. The number of aromatic nitrogens is 1. The highest BCUT2D eigenvalue weighted by Gasteiger charge is 2.28. The molecule has 1 aromatic rings. The van der Waals surface area contributed by atoms with Crippen LogP contribution in [-0.2, 0) is 4.74 Å². The van der Waals surface area contributed by atoms with Crippen molar-refractivity contribution in [2.45, 2.75) is 76.5 Å². The van der Waals surface area contributed by atoms with Crippen LogP contribution in [-0.4, -0.2) is 48.3 Å². The van der Waals surface area contributed by atoms with E-state index in [0.717, 1.165) is 6.04 Å². The van der Waals surface area contributed by atoms with E-state index >= 15 is 0 Å². The van der Waals surface area contributed by atoms with Crippen molar-refractivity contribution in [1.82, 2.24) is 9.88 Å². The zero-order valence-electron chi connectivity index (χ0n) is 15.5. The van der Waals surface area contributed by atoms with Crippen molar-refractivity contribution in [2.24, 2.45) is 0 Å². The first-order chi connectivity index (χ1) is 11.7. The molecule has 2 fully saturated rings. The molecule has 24 heavy (non-hydrogen) atoms. The third kappa shape index (κ3) is 4.48. The third-order valence-corrected chi connectivity index (χ3v) is 5.82. The molecule has 1 aromatic heterocycles. The fourth-order valence-corrected chi connectivity index (χ4v) is 4.14. The standard InChI is InChI=1S/C20H33N3O/c1-15(2)16-12-18(14-21-13-16)22-17-8-10-23(11-9-17)19-4-6-20(24-3)7-5-19/h12-15,17,19-20,22H,4-11H2,1-3H3. The van der Waals surface area contributed by atoms with E-state index in [1.54, 1.807) is 0 Å². The molecule has 2 aliphatic rings. The molecule has 4 heteroatoms. The molecular formula is C20H33N3O. The first-order valence-corrected chi connectivity index (χ1v) is 9.64. The fourth-order valence-electron chi connectivity index (χ4n) is 4.14. The second-order valence-electron chi connectivity index (χ2n) is 7.78. The van der Waals surface area contributed by atoms with Gasteiger partial charge < -0.3 is 15.0 Å². The quantitative estimate of drug-likeness (QED) is 0.883. The lowest BCUT2D eigenvalue weighted by Crippen LogP contribution is -2.46. The minimum atomic E-state index is 0.501. The number of methoxy groups -OCH3 is 1. The van der Waals surface area contributed by atoms with E-state index in [0.29, 0.717) is 18.1 Å². The number of likely N-dealkylation sites (tertiary alicyclic amines) is 1. The van der Waals surface area contributed by atoms with Crippen molar-refractivity contribution in [3.63, 3.8) is 0 Å². The van der Waals surface area contributed by atoms with Crippen molar-refractivity contribution in [3.05, 3.63) is 24.0 Å². The van der Waals surface area contributed by atoms with E-state index < -0.39 is 0 Å². The highest BCUT2D eigenvalue weighted by Crippen LogP contribution is 2.28. The molecule has 1 aliphatic heterocycles. The highest BCUT2D eigenvalue weighted by molar-refractivity contribution is 5.44. The molecule has 0 aromatic carbocycles. The monoisotopic (exact) mass is 331 g/mol. The Kier molecular flexibility index (Phi) is 6.12. The number of anilines is 1. The second-order valence-corrected chi connectivity index (χ2v) is 7.78. The van der Waals surface area contributed by atoms with Gasteiger partial charge in [0.15, 0.2) is 0 Å². The first kappa shape index (κ1) is 17.7. The number of rotatable bonds is 5. The summed E-state index contributed by atoms with van der Waals surface area (Å²) < 4.78 is 5.50. The molecule has 1 saturated carbocycles. The maximum atomic E-state index is 5.50. The van der Waals surface area contributed by atoms with Crippen LogP contribution in [0.25, 0.3) is 0 Å². The molecule has 0 bridgehead atoms. The molecule has 0 radical (unpaired) electrons. The van der Waals surface area contributed by atoms with Gasteiger partial charge in [-0.2, -0.15) is 0 Å². The average Bonchev–Trinajstić information content (AvgIpc) is 2.63. The molecular weight excluding hydrogens is 298 g/mol. The molecule has 1 N–H and O–H groups in total. The fraction of sp³-hybridized carbons (Fsp3) is 0.750. The molecule has 1 aliphatic carbocycles. The smallest absolute Gasteiger partial charge is 0.0572 e. The van der Waals surface area contributed by atoms with Crippen LogP contribution in [0.15, 0.2) is 18.5 Å². The van der Waals surface area contributed by atoms with Gasteiger partial charge >= 0.3 is 0 Å². The second kappa shape index (κ2) is 8.30. The molecule has 134 valence electrons. The Morgan fingerprint density at radius 3 is 2.42 bits per heavy atom. The van der Waals surface area contributed by atoms with Gasteiger partial charge in [-0.05, 0) is 56.1 Å². The molecule has 0 amide bonds. The van der Waals surface area contributed by atoms with Crippen molar-refractivity contribution in [3.8, 4) is 0 Å². The molecule has 0 atom stereocenters. The summed E-state index contributed by atoms with van der Waals surface area (Å²) in [4.78, 5) is 7.11. The summed E-state index contributed by atoms with van der Waals surface area (Å²) in [7, 11) is 1.85. The third-order valence-electron chi connectivity index (χ3n) is 5.82. The Balaban J connectivity index is 1.46. The summed E-state index contributed by atoms with van der Waals surface area (Å²) in [6.45, 7) is 6.88. The van der Waals surface area contributed by atoms with E-state index in [2.05, 4.69) is 35.1 Å². The molecule has 2 heterocycles. The largest absolute Gasteiger partial charge is 0.381 e. The molecule has 4 nitrogen and oxygen atoms in total. The van der Waals surface area contributed by atoms with E-state index in [4.69, 9.17) is 4.74 Å². The molecule has 0 spiro atoms. The van der Waals surface area contributed by atoms with Crippen LogP contribution in [0.1, 0.15) is 63.9 Å². The van der Waals surface area contributed by atoms with Crippen molar-refractivity contribution in [2.75, 3.05) is 25.5 Å². The van der Waals surface area contributed by atoms with Gasteiger partial charge in [-0.1, -0.05) is 13.8 Å². The maximum absolute atomic E-state index is 5.50. The maximum Gasteiger partial charge on any atom is 0.0572 e. The Morgan fingerprint density at radius 1 is 1.08 bits per heavy atom. The van der Waals surface area contributed by atoms with E-state index in [-0.39, 0.29) is 0 Å². The summed E-state index contributed by atoms with van der Waals surface area (Å²) >= 11 is 0. The van der Waals surface area contributed by atoms with Crippen LogP contribution < -0.4 is 5.32 Å². The SMILES string of the molecule is COC1CCC(N2CCC(Nc3cncc(C(C)C)c3)CC2)CC1. The topological polar surface area (TPSA) is 37.4 Å². The van der Waals surface area contributed by atoms with Crippen LogP contribution in [0, 0.1) is 0 Å². The number of pyridine rings is 1. The van der Waals surface area contributed by atoms with Gasteiger partial charge in [0.25, 0.3) is 0 Å². The van der Waals surface area contributed by atoms with Crippen LogP contribution in [0.5, 0.6) is 0 Å². The lowest BCUT2D eigenvalue weighted by atomic mass is 9.90. The average molecular weight is 332 g/mol. The van der Waals surface area contributed by atoms with Gasteiger partial charge in [0.1, 0.15) is 0 Å².